The summed E-state index contributed by atoms with van der Waals surface area (Å²) >= 11 is 5.92. The Hall–Kier alpha value is -1.20. The summed E-state index contributed by atoms with van der Waals surface area (Å²) < 4.78 is 0. The van der Waals surface area contributed by atoms with Gasteiger partial charge < -0.3 is 4.90 Å². The number of benzene rings is 1. The monoisotopic (exact) mass is 208 g/mol. The zero-order valence-corrected chi connectivity index (χ0v) is 9.17. The van der Waals surface area contributed by atoms with Gasteiger partial charge in [-0.15, -0.1) is 0 Å². The highest BCUT2D eigenvalue weighted by Crippen LogP contribution is 2.25. The first-order valence-electron chi connectivity index (χ1n) is 4.60. The lowest BCUT2D eigenvalue weighted by molar-refractivity contribution is 0.851. The van der Waals surface area contributed by atoms with E-state index in [-0.39, 0.29) is 0 Å². The summed E-state index contributed by atoms with van der Waals surface area (Å²) in [6.45, 7) is 3.03. The quantitative estimate of drug-likeness (QED) is 0.764. The standard InChI is InChI=1S/C11H13ClN2/c1-3-7-14(2)11-6-4-5-10(12)9(11)8-13/h4-6H,3,7H2,1-2H3. The molecular formula is C11H13ClN2. The molecule has 0 saturated heterocycles. The summed E-state index contributed by atoms with van der Waals surface area (Å²) in [5.41, 5.74) is 1.46. The molecule has 0 heterocycles. The van der Waals surface area contributed by atoms with E-state index in [1.54, 1.807) is 6.07 Å². The minimum atomic E-state index is 0.521. The minimum Gasteiger partial charge on any atom is -0.373 e. The Kier molecular flexibility index (Phi) is 3.79. The number of nitriles is 1. The van der Waals surface area contributed by atoms with Crippen LogP contribution in [-0.2, 0) is 0 Å². The number of rotatable bonds is 3. The molecule has 14 heavy (non-hydrogen) atoms. The Morgan fingerprint density at radius 1 is 1.50 bits per heavy atom. The first-order valence-corrected chi connectivity index (χ1v) is 4.98. The number of hydrogen-bond acceptors (Lipinski definition) is 2. The van der Waals surface area contributed by atoms with E-state index in [0.29, 0.717) is 10.6 Å². The molecule has 0 bridgehead atoms. The fraction of sp³-hybridized carbons (Fsp3) is 0.364. The van der Waals surface area contributed by atoms with E-state index in [9.17, 15) is 0 Å². The van der Waals surface area contributed by atoms with Crippen LogP contribution in [0.25, 0.3) is 0 Å². The molecule has 0 amide bonds. The maximum atomic E-state index is 8.96. The summed E-state index contributed by atoms with van der Waals surface area (Å²) in [7, 11) is 1.97. The lowest BCUT2D eigenvalue weighted by Crippen LogP contribution is -2.18. The van der Waals surface area contributed by atoms with E-state index in [0.717, 1.165) is 18.7 Å². The first kappa shape index (κ1) is 10.9. The van der Waals surface area contributed by atoms with Crippen molar-refractivity contribution in [3.8, 4) is 6.07 Å². The third-order valence-electron chi connectivity index (χ3n) is 2.07. The van der Waals surface area contributed by atoms with Crippen molar-refractivity contribution in [3.05, 3.63) is 28.8 Å². The van der Waals surface area contributed by atoms with Gasteiger partial charge >= 0.3 is 0 Å². The molecule has 0 saturated carbocycles. The molecule has 0 aliphatic rings. The van der Waals surface area contributed by atoms with Crippen LogP contribution in [0.4, 0.5) is 5.69 Å². The van der Waals surface area contributed by atoms with Gasteiger partial charge in [-0.3, -0.25) is 0 Å². The van der Waals surface area contributed by atoms with Crippen molar-refractivity contribution >= 4 is 17.3 Å². The molecule has 0 aromatic heterocycles. The highest BCUT2D eigenvalue weighted by Gasteiger charge is 2.09. The van der Waals surface area contributed by atoms with Crippen molar-refractivity contribution in [3.63, 3.8) is 0 Å². The van der Waals surface area contributed by atoms with Gasteiger partial charge in [0.25, 0.3) is 0 Å². The number of halogens is 1. The SMILES string of the molecule is CCCN(C)c1cccc(Cl)c1C#N. The van der Waals surface area contributed by atoms with E-state index < -0.39 is 0 Å². The van der Waals surface area contributed by atoms with Crippen LogP contribution in [0.5, 0.6) is 0 Å². The maximum Gasteiger partial charge on any atom is 0.103 e. The fourth-order valence-electron chi connectivity index (χ4n) is 1.40. The Bertz CT molecular complexity index is 355. The largest absolute Gasteiger partial charge is 0.373 e. The molecule has 1 aromatic rings. The summed E-state index contributed by atoms with van der Waals surface area (Å²) in [5.74, 6) is 0. The molecule has 0 aliphatic carbocycles. The van der Waals surface area contributed by atoms with Crippen LogP contribution in [0.2, 0.25) is 5.02 Å². The Morgan fingerprint density at radius 2 is 2.21 bits per heavy atom. The van der Waals surface area contributed by atoms with Crippen LogP contribution >= 0.6 is 11.6 Å². The highest BCUT2D eigenvalue weighted by atomic mass is 35.5. The zero-order valence-electron chi connectivity index (χ0n) is 8.42. The smallest absolute Gasteiger partial charge is 0.103 e. The number of anilines is 1. The highest BCUT2D eigenvalue weighted by molar-refractivity contribution is 6.32. The molecule has 0 aliphatic heterocycles. The van der Waals surface area contributed by atoms with E-state index in [1.165, 1.54) is 0 Å². The van der Waals surface area contributed by atoms with Crippen molar-refractivity contribution < 1.29 is 0 Å². The van der Waals surface area contributed by atoms with Gasteiger partial charge in [0.2, 0.25) is 0 Å². The van der Waals surface area contributed by atoms with E-state index in [1.807, 2.05) is 24.1 Å². The van der Waals surface area contributed by atoms with Gasteiger partial charge in [-0.1, -0.05) is 24.6 Å². The van der Waals surface area contributed by atoms with Crippen molar-refractivity contribution in [2.45, 2.75) is 13.3 Å². The van der Waals surface area contributed by atoms with Gasteiger partial charge in [-0.25, -0.2) is 0 Å². The van der Waals surface area contributed by atoms with Gasteiger partial charge in [0.05, 0.1) is 16.3 Å². The second-order valence-corrected chi connectivity index (χ2v) is 3.57. The van der Waals surface area contributed by atoms with Crippen molar-refractivity contribution in [2.75, 3.05) is 18.5 Å². The van der Waals surface area contributed by atoms with Crippen molar-refractivity contribution in [2.24, 2.45) is 0 Å². The predicted octanol–water partition coefficient (Wildman–Crippen LogP) is 3.06. The molecule has 0 atom stereocenters. The Labute approximate surface area is 89.7 Å². The van der Waals surface area contributed by atoms with Crippen LogP contribution in [0, 0.1) is 11.3 Å². The zero-order chi connectivity index (χ0) is 10.6. The minimum absolute atomic E-state index is 0.521. The lowest BCUT2D eigenvalue weighted by Gasteiger charge is -2.19. The van der Waals surface area contributed by atoms with Gasteiger partial charge in [-0.2, -0.15) is 5.26 Å². The van der Waals surface area contributed by atoms with E-state index in [4.69, 9.17) is 16.9 Å². The van der Waals surface area contributed by atoms with Crippen LogP contribution in [0.3, 0.4) is 0 Å². The lowest BCUT2D eigenvalue weighted by atomic mass is 10.2. The van der Waals surface area contributed by atoms with Crippen molar-refractivity contribution in [1.29, 1.82) is 5.26 Å². The van der Waals surface area contributed by atoms with Crippen LogP contribution in [-0.4, -0.2) is 13.6 Å². The average molecular weight is 209 g/mol. The first-order chi connectivity index (χ1) is 6.70. The molecule has 2 nitrogen and oxygen atoms in total. The van der Waals surface area contributed by atoms with Gasteiger partial charge in [-0.05, 0) is 18.6 Å². The summed E-state index contributed by atoms with van der Waals surface area (Å²) in [5, 5.41) is 9.48. The van der Waals surface area contributed by atoms with Crippen LogP contribution in [0.15, 0.2) is 18.2 Å². The van der Waals surface area contributed by atoms with E-state index >= 15 is 0 Å². The maximum absolute atomic E-state index is 8.96. The fourth-order valence-corrected chi connectivity index (χ4v) is 1.61. The molecule has 0 fully saturated rings. The third-order valence-corrected chi connectivity index (χ3v) is 2.39. The molecule has 0 radical (unpaired) electrons. The molecule has 3 heteroatoms. The molecular weight excluding hydrogens is 196 g/mol. The second-order valence-electron chi connectivity index (χ2n) is 3.17. The predicted molar refractivity (Wildman–Crippen MR) is 59.7 cm³/mol. The van der Waals surface area contributed by atoms with Crippen molar-refractivity contribution in [1.82, 2.24) is 0 Å². The Morgan fingerprint density at radius 3 is 2.79 bits per heavy atom. The molecule has 74 valence electrons. The number of nitrogens with zero attached hydrogens (tertiary/aromatic N) is 2. The van der Waals surface area contributed by atoms with Gasteiger partial charge in [0, 0.05) is 13.6 Å². The summed E-state index contributed by atoms with van der Waals surface area (Å²) in [6, 6.07) is 7.65. The number of hydrogen-bond donors (Lipinski definition) is 0. The molecule has 0 unspecified atom stereocenters. The summed E-state index contributed by atoms with van der Waals surface area (Å²) in [4.78, 5) is 2.05. The van der Waals surface area contributed by atoms with Crippen LogP contribution in [0.1, 0.15) is 18.9 Å². The third kappa shape index (κ3) is 2.18. The molecule has 1 rings (SSSR count). The summed E-state index contributed by atoms with van der Waals surface area (Å²) in [6.07, 6.45) is 1.05. The molecule has 1 aromatic carbocycles. The average Bonchev–Trinajstić information content (AvgIpc) is 2.17. The van der Waals surface area contributed by atoms with E-state index in [2.05, 4.69) is 13.0 Å². The van der Waals surface area contributed by atoms with Gasteiger partial charge in [0.1, 0.15) is 6.07 Å². The normalized spacial score (nSPS) is 9.57. The van der Waals surface area contributed by atoms with Gasteiger partial charge in [0.15, 0.2) is 0 Å². The topological polar surface area (TPSA) is 27.0 Å². The molecule has 0 spiro atoms. The second kappa shape index (κ2) is 4.88. The molecule has 0 N–H and O–H groups in total. The van der Waals surface area contributed by atoms with Crippen LogP contribution < -0.4 is 4.90 Å². The Balaban J connectivity index is 3.08.